The van der Waals surface area contributed by atoms with E-state index in [-0.39, 0.29) is 35.6 Å². The minimum absolute atomic E-state index is 0.0224. The van der Waals surface area contributed by atoms with Crippen molar-refractivity contribution in [2.75, 3.05) is 19.7 Å². The molecule has 2 amide bonds. The predicted octanol–water partition coefficient (Wildman–Crippen LogP) is 2.92. The van der Waals surface area contributed by atoms with Gasteiger partial charge in [-0.2, -0.15) is 0 Å². The van der Waals surface area contributed by atoms with Crippen LogP contribution in [0.25, 0.3) is 0 Å². The molecule has 0 aromatic carbocycles. The van der Waals surface area contributed by atoms with Gasteiger partial charge in [-0.25, -0.2) is 0 Å². The van der Waals surface area contributed by atoms with Crippen molar-refractivity contribution in [3.63, 3.8) is 0 Å². The number of unbranched alkanes of at least 4 members (excludes halogenated alkanes) is 2. The van der Waals surface area contributed by atoms with Gasteiger partial charge in [-0.15, -0.1) is 18.3 Å². The molecule has 2 bridgehead atoms. The highest BCUT2D eigenvalue weighted by atomic mass is 32.2. The van der Waals surface area contributed by atoms with Gasteiger partial charge in [0.2, 0.25) is 11.8 Å². The largest absolute Gasteiger partial charge is 0.481 e. The summed E-state index contributed by atoms with van der Waals surface area (Å²) in [6.07, 6.45) is 9.95. The van der Waals surface area contributed by atoms with Gasteiger partial charge in [0, 0.05) is 31.0 Å². The number of aliphatic hydroxyl groups is 1. The van der Waals surface area contributed by atoms with Crippen LogP contribution in [0.4, 0.5) is 0 Å². The molecule has 1 saturated carbocycles. The SMILES string of the molecule is C=CCN(C(=O)C1N(CCCCCO)C(=O)[C@@H]2[C@@H](C(=O)O)[C@H]3CC(C)C12S3)C1CCCCC1. The summed E-state index contributed by atoms with van der Waals surface area (Å²) in [5.74, 6) is -2.36. The molecule has 4 fully saturated rings. The van der Waals surface area contributed by atoms with Crippen molar-refractivity contribution in [3.8, 4) is 0 Å². The highest BCUT2D eigenvalue weighted by molar-refractivity contribution is 8.02. The molecule has 0 radical (unpaired) electrons. The van der Waals surface area contributed by atoms with Crippen LogP contribution in [0.1, 0.15) is 64.7 Å². The molecule has 0 aromatic rings. The van der Waals surface area contributed by atoms with Gasteiger partial charge in [0.25, 0.3) is 0 Å². The first-order valence-corrected chi connectivity index (χ1v) is 13.5. The molecule has 7 nitrogen and oxygen atoms in total. The van der Waals surface area contributed by atoms with E-state index in [1.54, 1.807) is 22.7 Å². The fourth-order valence-corrected chi connectivity index (χ4v) is 9.41. The zero-order valence-corrected chi connectivity index (χ0v) is 20.5. The van der Waals surface area contributed by atoms with Gasteiger partial charge in [0.05, 0.1) is 16.6 Å². The van der Waals surface area contributed by atoms with Crippen LogP contribution in [-0.4, -0.2) is 79.6 Å². The van der Waals surface area contributed by atoms with Gasteiger partial charge < -0.3 is 20.0 Å². The van der Waals surface area contributed by atoms with Crippen molar-refractivity contribution in [1.29, 1.82) is 0 Å². The second-order valence-corrected chi connectivity index (χ2v) is 11.8. The van der Waals surface area contributed by atoms with Crippen molar-refractivity contribution in [2.45, 2.75) is 86.8 Å². The Kier molecular flexibility index (Phi) is 7.44. The topological polar surface area (TPSA) is 98.2 Å². The average molecular weight is 479 g/mol. The van der Waals surface area contributed by atoms with Gasteiger partial charge in [0.15, 0.2) is 0 Å². The second-order valence-electron chi connectivity index (χ2n) is 10.3. The summed E-state index contributed by atoms with van der Waals surface area (Å²) in [6.45, 7) is 6.98. The molecule has 4 rings (SSSR count). The molecule has 3 unspecified atom stereocenters. The molecule has 2 N–H and O–H groups in total. The molecule has 3 aliphatic heterocycles. The molecule has 6 atom stereocenters. The number of nitrogens with zero attached hydrogens (tertiary/aromatic N) is 2. The summed E-state index contributed by atoms with van der Waals surface area (Å²) in [7, 11) is 0. The lowest BCUT2D eigenvalue weighted by atomic mass is 9.66. The summed E-state index contributed by atoms with van der Waals surface area (Å²) in [6, 6.07) is -0.472. The Balaban J connectivity index is 1.70. The van der Waals surface area contributed by atoms with Crippen molar-refractivity contribution in [3.05, 3.63) is 12.7 Å². The highest BCUT2D eigenvalue weighted by Crippen LogP contribution is 2.68. The van der Waals surface area contributed by atoms with E-state index >= 15 is 0 Å². The molecule has 33 heavy (non-hydrogen) atoms. The van der Waals surface area contributed by atoms with Crippen molar-refractivity contribution in [2.24, 2.45) is 17.8 Å². The normalized spacial score (nSPS) is 35.6. The summed E-state index contributed by atoms with van der Waals surface area (Å²) in [4.78, 5) is 44.0. The Labute approximate surface area is 201 Å². The number of carboxylic acid groups (broad SMARTS) is 1. The Morgan fingerprint density at radius 3 is 2.61 bits per heavy atom. The molecular formula is C25H38N2O5S. The van der Waals surface area contributed by atoms with Gasteiger partial charge >= 0.3 is 5.97 Å². The lowest BCUT2D eigenvalue weighted by molar-refractivity contribution is -0.149. The smallest absolute Gasteiger partial charge is 0.308 e. The van der Waals surface area contributed by atoms with Crippen molar-refractivity contribution >= 4 is 29.5 Å². The van der Waals surface area contributed by atoms with E-state index in [0.717, 1.165) is 38.5 Å². The Morgan fingerprint density at radius 1 is 1.24 bits per heavy atom. The number of hydrogen-bond acceptors (Lipinski definition) is 5. The van der Waals surface area contributed by atoms with Crippen LogP contribution in [0.2, 0.25) is 0 Å². The van der Waals surface area contributed by atoms with Crippen LogP contribution < -0.4 is 0 Å². The lowest BCUT2D eigenvalue weighted by Crippen LogP contribution is -2.59. The maximum atomic E-state index is 14.3. The third kappa shape index (κ3) is 4.01. The standard InChI is InChI=1S/C25H38N2O5S/c1-3-12-26(17-10-6-4-7-11-17)23(30)21-25-16(2)15-18(33-25)19(24(31)32)20(25)22(29)27(21)13-8-5-9-14-28/h3,16-21,28H,1,4-15H2,2H3,(H,31,32)/t16?,18-,19+,20+,21?,25?/m1/s1. The molecule has 1 aliphatic carbocycles. The number of rotatable bonds is 10. The van der Waals surface area contributed by atoms with E-state index in [1.807, 2.05) is 4.90 Å². The molecule has 8 heteroatoms. The number of aliphatic hydroxyl groups excluding tert-OH is 1. The zero-order valence-electron chi connectivity index (χ0n) is 19.7. The van der Waals surface area contributed by atoms with Gasteiger partial charge in [-0.3, -0.25) is 14.4 Å². The van der Waals surface area contributed by atoms with E-state index in [2.05, 4.69) is 13.5 Å². The fourth-order valence-electron chi connectivity index (χ4n) is 7.00. The first kappa shape index (κ1) is 24.6. The lowest BCUT2D eigenvalue weighted by Gasteiger charge is -2.43. The summed E-state index contributed by atoms with van der Waals surface area (Å²) >= 11 is 1.61. The van der Waals surface area contributed by atoms with Crippen molar-refractivity contribution < 1.29 is 24.6 Å². The number of fused-ring (bicyclic) bond motifs is 1. The van der Waals surface area contributed by atoms with Crippen LogP contribution in [0.3, 0.4) is 0 Å². The third-order valence-corrected chi connectivity index (χ3v) is 10.5. The number of carboxylic acids is 1. The second kappa shape index (κ2) is 9.98. The number of hydrogen-bond donors (Lipinski definition) is 2. The number of amides is 2. The van der Waals surface area contributed by atoms with Gasteiger partial charge in [-0.05, 0) is 44.4 Å². The minimum atomic E-state index is -0.914. The number of thioether (sulfide) groups is 1. The predicted molar refractivity (Wildman–Crippen MR) is 128 cm³/mol. The third-order valence-electron chi connectivity index (χ3n) is 8.45. The van der Waals surface area contributed by atoms with E-state index in [9.17, 15) is 19.5 Å². The summed E-state index contributed by atoms with van der Waals surface area (Å²) < 4.78 is -0.674. The van der Waals surface area contributed by atoms with E-state index < -0.39 is 28.6 Å². The van der Waals surface area contributed by atoms with Crippen LogP contribution >= 0.6 is 11.8 Å². The summed E-state index contributed by atoms with van der Waals surface area (Å²) in [5.41, 5.74) is 0. The highest BCUT2D eigenvalue weighted by Gasteiger charge is 2.76. The fraction of sp³-hybridized carbons (Fsp3) is 0.800. The Morgan fingerprint density at radius 2 is 1.97 bits per heavy atom. The first-order chi connectivity index (χ1) is 15.9. The molecule has 0 aromatic heterocycles. The van der Waals surface area contributed by atoms with E-state index in [1.165, 1.54) is 6.42 Å². The maximum Gasteiger partial charge on any atom is 0.308 e. The number of aliphatic carboxylic acids is 1. The Bertz CT molecular complexity index is 785. The Hall–Kier alpha value is -1.54. The van der Waals surface area contributed by atoms with Gasteiger partial charge in [0.1, 0.15) is 6.04 Å². The molecule has 1 spiro atoms. The van der Waals surface area contributed by atoms with Crippen LogP contribution in [0, 0.1) is 17.8 Å². The van der Waals surface area contributed by atoms with Crippen LogP contribution in [0.5, 0.6) is 0 Å². The maximum absolute atomic E-state index is 14.3. The van der Waals surface area contributed by atoms with Crippen LogP contribution in [0.15, 0.2) is 12.7 Å². The zero-order chi connectivity index (χ0) is 23.8. The number of carbonyl (C=O) groups is 3. The van der Waals surface area contributed by atoms with E-state index in [4.69, 9.17) is 5.11 Å². The molecule has 4 aliphatic rings. The minimum Gasteiger partial charge on any atom is -0.481 e. The number of likely N-dealkylation sites (tertiary alicyclic amines) is 1. The quantitative estimate of drug-likeness (QED) is 0.370. The van der Waals surface area contributed by atoms with Crippen molar-refractivity contribution in [1.82, 2.24) is 9.80 Å². The molecular weight excluding hydrogens is 440 g/mol. The first-order valence-electron chi connectivity index (χ1n) is 12.6. The van der Waals surface area contributed by atoms with E-state index in [0.29, 0.717) is 25.9 Å². The van der Waals surface area contributed by atoms with Crippen LogP contribution in [-0.2, 0) is 14.4 Å². The average Bonchev–Trinajstić information content (AvgIpc) is 3.39. The molecule has 184 valence electrons. The molecule has 3 saturated heterocycles. The molecule has 3 heterocycles. The number of carbonyl (C=O) groups excluding carboxylic acids is 2. The summed E-state index contributed by atoms with van der Waals surface area (Å²) in [5, 5.41) is 19.1. The monoisotopic (exact) mass is 478 g/mol. The van der Waals surface area contributed by atoms with Gasteiger partial charge in [-0.1, -0.05) is 32.3 Å².